The third-order valence-electron chi connectivity index (χ3n) is 1.30. The number of hydrogen-bond donors (Lipinski definition) is 1. The average Bonchev–Trinajstić information content (AvgIpc) is 1.99. The van der Waals surface area contributed by atoms with E-state index in [0.717, 1.165) is 14.5 Å². The van der Waals surface area contributed by atoms with E-state index in [9.17, 15) is 0 Å². The van der Waals surface area contributed by atoms with Crippen LogP contribution in [0.5, 0.6) is 0 Å². The number of hydrogen-bond acceptors (Lipinski definition) is 1. The molecule has 1 aromatic rings. The van der Waals surface area contributed by atoms with Crippen LogP contribution in [0, 0.1) is 0 Å². The minimum absolute atomic E-state index is 0.0735. The van der Waals surface area contributed by atoms with Crippen molar-refractivity contribution in [3.05, 3.63) is 38.8 Å². The smallest absolute Gasteiger partial charge is 0.0615 e. The van der Waals surface area contributed by atoms with Crippen LogP contribution in [0.2, 0.25) is 0 Å². The summed E-state index contributed by atoms with van der Waals surface area (Å²) in [5.74, 6) is 0. The molecule has 0 saturated carbocycles. The molecule has 0 atom stereocenters. The molecule has 0 amide bonds. The Bertz CT molecular complexity index is 274. The molecular formula is C9H8Br2O. The molecule has 0 spiro atoms. The number of rotatable bonds is 2. The Hall–Kier alpha value is -0.120. The van der Waals surface area contributed by atoms with Gasteiger partial charge in [-0.2, -0.15) is 0 Å². The second kappa shape index (κ2) is 4.80. The molecule has 3 heteroatoms. The molecule has 0 unspecified atom stereocenters. The van der Waals surface area contributed by atoms with Crippen LogP contribution in [0.15, 0.2) is 33.2 Å². The van der Waals surface area contributed by atoms with Gasteiger partial charge in [0.25, 0.3) is 0 Å². The van der Waals surface area contributed by atoms with Gasteiger partial charge in [0.15, 0.2) is 0 Å². The lowest BCUT2D eigenvalue weighted by molar-refractivity contribution is 0.343. The molecule has 1 N–H and O–H groups in total. The Morgan fingerprint density at radius 2 is 1.75 bits per heavy atom. The van der Waals surface area contributed by atoms with Crippen molar-refractivity contribution in [2.24, 2.45) is 0 Å². The van der Waals surface area contributed by atoms with E-state index < -0.39 is 0 Å². The van der Waals surface area contributed by atoms with E-state index in [2.05, 4.69) is 31.9 Å². The summed E-state index contributed by atoms with van der Waals surface area (Å²) in [6.45, 7) is 0.0735. The lowest BCUT2D eigenvalue weighted by Crippen LogP contribution is -1.75. The molecule has 0 aliphatic heterocycles. The van der Waals surface area contributed by atoms with Gasteiger partial charge in [-0.05, 0) is 23.8 Å². The number of aliphatic hydroxyl groups excluding tert-OH is 1. The summed E-state index contributed by atoms with van der Waals surface area (Å²) < 4.78 is 2.05. The predicted octanol–water partition coefficient (Wildman–Crippen LogP) is 3.22. The lowest BCUT2D eigenvalue weighted by atomic mass is 10.2. The molecule has 1 nitrogen and oxygen atoms in total. The first-order valence-corrected chi connectivity index (χ1v) is 5.04. The standard InChI is InChI=1S/C9H8Br2O/c10-8-4-7(2-1-3-12)5-9(11)6-8/h1-2,4-6,12H,3H2. The fraction of sp³-hybridized carbons (Fsp3) is 0.111. The molecule has 1 aromatic carbocycles. The largest absolute Gasteiger partial charge is 0.392 e. The Morgan fingerprint density at radius 1 is 1.17 bits per heavy atom. The van der Waals surface area contributed by atoms with Crippen molar-refractivity contribution in [2.45, 2.75) is 0 Å². The van der Waals surface area contributed by atoms with Gasteiger partial charge in [-0.15, -0.1) is 0 Å². The SMILES string of the molecule is OCC=Cc1cc(Br)cc(Br)c1. The molecule has 0 bridgehead atoms. The van der Waals surface area contributed by atoms with Crippen LogP contribution < -0.4 is 0 Å². The van der Waals surface area contributed by atoms with Crippen LogP contribution in [0.1, 0.15) is 5.56 Å². The van der Waals surface area contributed by atoms with Crippen molar-refractivity contribution in [2.75, 3.05) is 6.61 Å². The van der Waals surface area contributed by atoms with E-state index in [1.54, 1.807) is 6.08 Å². The van der Waals surface area contributed by atoms with E-state index in [-0.39, 0.29) is 6.61 Å². The van der Waals surface area contributed by atoms with Crippen molar-refractivity contribution in [1.29, 1.82) is 0 Å². The van der Waals surface area contributed by atoms with Crippen LogP contribution in [-0.2, 0) is 0 Å². The average molecular weight is 292 g/mol. The van der Waals surface area contributed by atoms with E-state index in [1.807, 2.05) is 24.3 Å². The predicted molar refractivity (Wildman–Crippen MR) is 58.0 cm³/mol. The van der Waals surface area contributed by atoms with E-state index in [0.29, 0.717) is 0 Å². The maximum absolute atomic E-state index is 8.56. The zero-order valence-corrected chi connectivity index (χ0v) is 9.47. The minimum Gasteiger partial charge on any atom is -0.392 e. The Kier molecular flexibility index (Phi) is 3.98. The van der Waals surface area contributed by atoms with E-state index >= 15 is 0 Å². The van der Waals surface area contributed by atoms with Gasteiger partial charge in [0.05, 0.1) is 6.61 Å². The number of aliphatic hydroxyl groups is 1. The van der Waals surface area contributed by atoms with Crippen LogP contribution in [0.3, 0.4) is 0 Å². The quantitative estimate of drug-likeness (QED) is 0.887. The lowest BCUT2D eigenvalue weighted by Gasteiger charge is -1.96. The fourth-order valence-electron chi connectivity index (χ4n) is 0.860. The summed E-state index contributed by atoms with van der Waals surface area (Å²) in [6.07, 6.45) is 3.57. The van der Waals surface area contributed by atoms with Gasteiger partial charge in [-0.3, -0.25) is 0 Å². The van der Waals surface area contributed by atoms with Gasteiger partial charge >= 0.3 is 0 Å². The normalized spacial score (nSPS) is 10.9. The third-order valence-corrected chi connectivity index (χ3v) is 2.22. The molecule has 0 radical (unpaired) electrons. The van der Waals surface area contributed by atoms with E-state index in [4.69, 9.17) is 5.11 Å². The third kappa shape index (κ3) is 3.09. The minimum atomic E-state index is 0.0735. The molecule has 0 saturated heterocycles. The van der Waals surface area contributed by atoms with Gasteiger partial charge in [0.2, 0.25) is 0 Å². The molecule has 12 heavy (non-hydrogen) atoms. The first-order valence-electron chi connectivity index (χ1n) is 3.46. The molecule has 64 valence electrons. The van der Waals surface area contributed by atoms with Crippen LogP contribution in [0.25, 0.3) is 6.08 Å². The highest BCUT2D eigenvalue weighted by molar-refractivity contribution is 9.11. The molecular weight excluding hydrogens is 284 g/mol. The van der Waals surface area contributed by atoms with Crippen molar-refractivity contribution < 1.29 is 5.11 Å². The first kappa shape index (κ1) is 9.96. The summed E-state index contributed by atoms with van der Waals surface area (Å²) in [4.78, 5) is 0. The van der Waals surface area contributed by atoms with Crippen molar-refractivity contribution in [1.82, 2.24) is 0 Å². The maximum atomic E-state index is 8.56. The Labute approximate surface area is 88.4 Å². The van der Waals surface area contributed by atoms with E-state index in [1.165, 1.54) is 0 Å². The highest BCUT2D eigenvalue weighted by Crippen LogP contribution is 2.20. The van der Waals surface area contributed by atoms with Crippen LogP contribution in [0.4, 0.5) is 0 Å². The summed E-state index contributed by atoms with van der Waals surface area (Å²) in [5, 5.41) is 8.56. The van der Waals surface area contributed by atoms with Gasteiger partial charge in [-0.25, -0.2) is 0 Å². The molecule has 0 heterocycles. The van der Waals surface area contributed by atoms with Gasteiger partial charge in [0, 0.05) is 8.95 Å². The van der Waals surface area contributed by atoms with Crippen LogP contribution >= 0.6 is 31.9 Å². The first-order chi connectivity index (χ1) is 5.72. The topological polar surface area (TPSA) is 20.2 Å². The summed E-state index contributed by atoms with van der Waals surface area (Å²) in [7, 11) is 0. The van der Waals surface area contributed by atoms with Gasteiger partial charge < -0.3 is 5.11 Å². The monoisotopic (exact) mass is 290 g/mol. The Balaban J connectivity index is 2.93. The highest BCUT2D eigenvalue weighted by atomic mass is 79.9. The number of benzene rings is 1. The maximum Gasteiger partial charge on any atom is 0.0615 e. The zero-order valence-electron chi connectivity index (χ0n) is 6.30. The zero-order chi connectivity index (χ0) is 8.97. The van der Waals surface area contributed by atoms with Gasteiger partial charge in [-0.1, -0.05) is 44.0 Å². The summed E-state index contributed by atoms with van der Waals surface area (Å²) >= 11 is 6.76. The number of halogens is 2. The molecule has 0 aromatic heterocycles. The summed E-state index contributed by atoms with van der Waals surface area (Å²) in [6, 6.07) is 5.93. The Morgan fingerprint density at radius 3 is 2.25 bits per heavy atom. The van der Waals surface area contributed by atoms with Crippen molar-refractivity contribution >= 4 is 37.9 Å². The second-order valence-corrected chi connectivity index (χ2v) is 4.12. The summed E-state index contributed by atoms with van der Waals surface area (Å²) in [5.41, 5.74) is 1.06. The van der Waals surface area contributed by atoms with Gasteiger partial charge in [0.1, 0.15) is 0 Å². The van der Waals surface area contributed by atoms with Crippen molar-refractivity contribution in [3.8, 4) is 0 Å². The van der Waals surface area contributed by atoms with Crippen LogP contribution in [-0.4, -0.2) is 11.7 Å². The molecule has 0 fully saturated rings. The second-order valence-electron chi connectivity index (χ2n) is 2.29. The fourth-order valence-corrected chi connectivity index (χ4v) is 2.19. The molecule has 0 aliphatic carbocycles. The van der Waals surface area contributed by atoms with Crippen molar-refractivity contribution in [3.63, 3.8) is 0 Å². The molecule has 0 aliphatic rings. The highest BCUT2D eigenvalue weighted by Gasteiger charge is 1.93. The molecule has 1 rings (SSSR count).